The lowest BCUT2D eigenvalue weighted by Gasteiger charge is -2.09. The first-order chi connectivity index (χ1) is 11.4. The molecule has 6 nitrogen and oxygen atoms in total. The Bertz CT molecular complexity index is 673. The molecule has 2 N–H and O–H groups in total. The van der Waals surface area contributed by atoms with Crippen molar-refractivity contribution in [1.29, 1.82) is 0 Å². The average molecular weight is 340 g/mol. The van der Waals surface area contributed by atoms with Crippen LogP contribution in [0, 0.1) is 0 Å². The van der Waals surface area contributed by atoms with Crippen molar-refractivity contribution in [2.45, 2.75) is 6.18 Å². The number of amides is 1. The molecule has 0 unspecified atom stereocenters. The van der Waals surface area contributed by atoms with E-state index in [1.807, 2.05) is 0 Å². The van der Waals surface area contributed by atoms with Crippen molar-refractivity contribution < 1.29 is 22.7 Å². The highest BCUT2D eigenvalue weighted by Crippen LogP contribution is 2.30. The van der Waals surface area contributed by atoms with Gasteiger partial charge in [0.15, 0.2) is 0 Å². The molecule has 0 fully saturated rings. The summed E-state index contributed by atoms with van der Waals surface area (Å²) in [7, 11) is 1.52. The lowest BCUT2D eigenvalue weighted by Crippen LogP contribution is -2.27. The number of halogens is 3. The molecule has 0 spiro atoms. The van der Waals surface area contributed by atoms with Gasteiger partial charge in [0.2, 0.25) is 0 Å². The summed E-state index contributed by atoms with van der Waals surface area (Å²) in [5, 5.41) is 5.40. The number of methoxy groups -OCH3 is 1. The van der Waals surface area contributed by atoms with Gasteiger partial charge in [0.25, 0.3) is 5.91 Å². The molecule has 0 aliphatic heterocycles. The van der Waals surface area contributed by atoms with Gasteiger partial charge in [-0.15, -0.1) is 0 Å². The van der Waals surface area contributed by atoms with E-state index >= 15 is 0 Å². The number of ether oxygens (including phenoxy) is 1. The van der Waals surface area contributed by atoms with Gasteiger partial charge in [0.1, 0.15) is 11.5 Å². The number of carbonyl (C=O) groups is 1. The summed E-state index contributed by atoms with van der Waals surface area (Å²) in [4.78, 5) is 19.7. The smallest absolute Gasteiger partial charge is 0.383 e. The summed E-state index contributed by atoms with van der Waals surface area (Å²) in [6.07, 6.45) is -1.78. The molecule has 0 saturated heterocycles. The summed E-state index contributed by atoms with van der Waals surface area (Å²) >= 11 is 0. The Balaban J connectivity index is 1.97. The van der Waals surface area contributed by atoms with Crippen molar-refractivity contribution in [1.82, 2.24) is 15.3 Å². The normalized spacial score (nSPS) is 11.2. The van der Waals surface area contributed by atoms with E-state index < -0.39 is 11.7 Å². The number of nitrogens with one attached hydrogen (secondary N) is 2. The second-order valence-corrected chi connectivity index (χ2v) is 4.74. The largest absolute Gasteiger partial charge is 0.416 e. The number of rotatable bonds is 6. The number of aromatic nitrogens is 2. The van der Waals surface area contributed by atoms with E-state index in [4.69, 9.17) is 4.74 Å². The van der Waals surface area contributed by atoms with Gasteiger partial charge in [-0.1, -0.05) is 0 Å². The van der Waals surface area contributed by atoms with Crippen LogP contribution in [0.3, 0.4) is 0 Å². The predicted molar refractivity (Wildman–Crippen MR) is 81.0 cm³/mol. The highest BCUT2D eigenvalue weighted by atomic mass is 19.4. The van der Waals surface area contributed by atoms with Crippen molar-refractivity contribution in [2.75, 3.05) is 25.6 Å². The van der Waals surface area contributed by atoms with E-state index in [9.17, 15) is 18.0 Å². The van der Waals surface area contributed by atoms with E-state index in [-0.39, 0.29) is 11.6 Å². The zero-order valence-corrected chi connectivity index (χ0v) is 12.7. The van der Waals surface area contributed by atoms with Gasteiger partial charge in [-0.2, -0.15) is 13.2 Å². The zero-order valence-electron chi connectivity index (χ0n) is 12.7. The fourth-order valence-electron chi connectivity index (χ4n) is 1.76. The molecular formula is C15H15F3N4O2. The molecular weight excluding hydrogens is 325 g/mol. The molecule has 128 valence electrons. The van der Waals surface area contributed by atoms with Crippen LogP contribution >= 0.6 is 0 Å². The first kappa shape index (κ1) is 17.7. The number of hydrogen-bond donors (Lipinski definition) is 2. The number of carbonyl (C=O) groups excluding carboxylic acids is 1. The van der Waals surface area contributed by atoms with E-state index in [0.29, 0.717) is 24.7 Å². The molecule has 0 atom stereocenters. The van der Waals surface area contributed by atoms with Gasteiger partial charge < -0.3 is 15.4 Å². The zero-order chi connectivity index (χ0) is 17.6. The van der Waals surface area contributed by atoms with E-state index in [0.717, 1.165) is 12.1 Å². The SMILES string of the molecule is COCCNC(=O)c1cnc(Nc2ccc(C(F)(F)F)cc2)cn1. The van der Waals surface area contributed by atoms with Crippen molar-refractivity contribution >= 4 is 17.4 Å². The Morgan fingerprint density at radius 1 is 1.17 bits per heavy atom. The van der Waals surface area contributed by atoms with Crippen molar-refractivity contribution in [3.63, 3.8) is 0 Å². The standard InChI is InChI=1S/C15H15F3N4O2/c1-24-7-6-19-14(23)12-8-21-13(9-20-12)22-11-4-2-10(3-5-11)15(16,17)18/h2-5,8-9H,6-7H2,1H3,(H,19,23)(H,21,22). The quantitative estimate of drug-likeness (QED) is 0.791. The van der Waals surface area contributed by atoms with Crippen molar-refractivity contribution in [2.24, 2.45) is 0 Å². The number of benzene rings is 1. The van der Waals surface area contributed by atoms with Gasteiger partial charge in [-0.25, -0.2) is 9.97 Å². The molecule has 2 rings (SSSR count). The van der Waals surface area contributed by atoms with Crippen LogP contribution in [0.5, 0.6) is 0 Å². The minimum Gasteiger partial charge on any atom is -0.383 e. The molecule has 0 saturated carbocycles. The molecule has 9 heteroatoms. The maximum absolute atomic E-state index is 12.5. The molecule has 1 aromatic carbocycles. The summed E-state index contributed by atoms with van der Waals surface area (Å²) in [5.41, 5.74) is -0.180. The Hall–Kier alpha value is -2.68. The average Bonchev–Trinajstić information content (AvgIpc) is 2.55. The van der Waals surface area contributed by atoms with Crippen LogP contribution in [0.1, 0.15) is 16.1 Å². The number of hydrogen-bond acceptors (Lipinski definition) is 5. The van der Waals surface area contributed by atoms with E-state index in [1.165, 1.54) is 31.6 Å². The van der Waals surface area contributed by atoms with Crippen LogP contribution in [-0.2, 0) is 10.9 Å². The molecule has 0 aliphatic rings. The summed E-state index contributed by atoms with van der Waals surface area (Å²) in [6.45, 7) is 0.731. The minimum absolute atomic E-state index is 0.129. The monoisotopic (exact) mass is 340 g/mol. The molecule has 0 bridgehead atoms. The Morgan fingerprint density at radius 3 is 2.42 bits per heavy atom. The minimum atomic E-state index is -4.38. The molecule has 0 radical (unpaired) electrons. The summed E-state index contributed by atoms with van der Waals surface area (Å²) in [6, 6.07) is 4.51. The third-order valence-electron chi connectivity index (χ3n) is 2.96. The highest BCUT2D eigenvalue weighted by molar-refractivity contribution is 5.92. The van der Waals surface area contributed by atoms with Crippen LogP contribution in [0.4, 0.5) is 24.7 Å². The lowest BCUT2D eigenvalue weighted by molar-refractivity contribution is -0.137. The third-order valence-corrected chi connectivity index (χ3v) is 2.96. The van der Waals surface area contributed by atoms with Crippen molar-refractivity contribution in [3.05, 3.63) is 47.9 Å². The number of anilines is 2. The van der Waals surface area contributed by atoms with Gasteiger partial charge in [-0.3, -0.25) is 4.79 Å². The van der Waals surface area contributed by atoms with Crippen LogP contribution in [-0.4, -0.2) is 36.1 Å². The van der Waals surface area contributed by atoms with E-state index in [1.54, 1.807) is 0 Å². The Morgan fingerprint density at radius 2 is 1.88 bits per heavy atom. The van der Waals surface area contributed by atoms with Gasteiger partial charge in [-0.05, 0) is 24.3 Å². The second kappa shape index (κ2) is 7.73. The topological polar surface area (TPSA) is 76.1 Å². The Labute approximate surface area is 136 Å². The fourth-order valence-corrected chi connectivity index (χ4v) is 1.76. The van der Waals surface area contributed by atoms with Gasteiger partial charge in [0.05, 0.1) is 24.6 Å². The van der Waals surface area contributed by atoms with Crippen molar-refractivity contribution in [3.8, 4) is 0 Å². The molecule has 2 aromatic rings. The summed E-state index contributed by atoms with van der Waals surface area (Å²) < 4.78 is 42.3. The predicted octanol–water partition coefficient (Wildman–Crippen LogP) is 2.62. The number of alkyl halides is 3. The first-order valence-corrected chi connectivity index (χ1v) is 6.93. The Kier molecular flexibility index (Phi) is 5.69. The van der Waals surface area contributed by atoms with E-state index in [2.05, 4.69) is 20.6 Å². The molecule has 1 aromatic heterocycles. The van der Waals surface area contributed by atoms with Crippen LogP contribution < -0.4 is 10.6 Å². The highest BCUT2D eigenvalue weighted by Gasteiger charge is 2.29. The maximum Gasteiger partial charge on any atom is 0.416 e. The molecule has 1 heterocycles. The fraction of sp³-hybridized carbons (Fsp3) is 0.267. The van der Waals surface area contributed by atoms with Crippen LogP contribution in [0.15, 0.2) is 36.7 Å². The molecule has 24 heavy (non-hydrogen) atoms. The third kappa shape index (κ3) is 4.92. The number of nitrogens with zero attached hydrogens (tertiary/aromatic N) is 2. The summed E-state index contributed by atoms with van der Waals surface area (Å²) in [5.74, 6) is -0.0798. The lowest BCUT2D eigenvalue weighted by atomic mass is 10.2. The molecule has 1 amide bonds. The van der Waals surface area contributed by atoms with Crippen LogP contribution in [0.25, 0.3) is 0 Å². The second-order valence-electron chi connectivity index (χ2n) is 4.74. The van der Waals surface area contributed by atoms with Crippen LogP contribution in [0.2, 0.25) is 0 Å². The maximum atomic E-state index is 12.5. The first-order valence-electron chi connectivity index (χ1n) is 6.93. The van der Waals surface area contributed by atoms with Gasteiger partial charge in [0, 0.05) is 19.3 Å². The molecule has 0 aliphatic carbocycles. The van der Waals surface area contributed by atoms with Gasteiger partial charge >= 0.3 is 6.18 Å².